The van der Waals surface area contributed by atoms with Gasteiger partial charge in [-0.1, -0.05) is 0 Å². The third-order valence-corrected chi connectivity index (χ3v) is 8.50. The van der Waals surface area contributed by atoms with Crippen LogP contribution >= 0.6 is 0 Å². The Hall–Kier alpha value is -2.19. The van der Waals surface area contributed by atoms with Crippen LogP contribution < -0.4 is 39.3 Å². The van der Waals surface area contributed by atoms with E-state index >= 15 is 0 Å². The summed E-state index contributed by atoms with van der Waals surface area (Å²) < 4.78 is 23.0. The first-order chi connectivity index (χ1) is 22.1. The molecular formula is C26H49N7O14. The van der Waals surface area contributed by atoms with E-state index in [1.54, 1.807) is 0 Å². The maximum absolute atomic E-state index is 12.8. The van der Waals surface area contributed by atoms with Crippen LogP contribution in [-0.2, 0) is 33.3 Å². The summed E-state index contributed by atoms with van der Waals surface area (Å²) in [7, 11) is 0. The predicted molar refractivity (Wildman–Crippen MR) is 156 cm³/mol. The molecule has 2 amide bonds. The quantitative estimate of drug-likeness (QED) is 0.0761. The molecular weight excluding hydrogens is 634 g/mol. The van der Waals surface area contributed by atoms with E-state index in [9.17, 15) is 45.0 Å². The highest BCUT2D eigenvalue weighted by Gasteiger charge is 2.53. The van der Waals surface area contributed by atoms with Gasteiger partial charge >= 0.3 is 5.97 Å². The summed E-state index contributed by atoms with van der Waals surface area (Å²) in [5.41, 5.74) is 29.0. The number of hydrogen-bond donors (Lipinski definition) is 14. The predicted octanol–water partition coefficient (Wildman–Crippen LogP) is -8.47. The molecule has 47 heavy (non-hydrogen) atoms. The van der Waals surface area contributed by atoms with Crippen molar-refractivity contribution in [3.63, 3.8) is 0 Å². The molecule has 2 saturated heterocycles. The summed E-state index contributed by atoms with van der Waals surface area (Å²) in [6, 6.07) is -4.72. The van der Waals surface area contributed by atoms with Crippen molar-refractivity contribution in [3.05, 3.63) is 0 Å². The molecule has 3 fully saturated rings. The Kier molecular flexibility index (Phi) is 14.6. The molecule has 0 radical (unpaired) electrons. The number of carboxylic acids is 1. The van der Waals surface area contributed by atoms with Gasteiger partial charge in [-0.25, -0.2) is 0 Å². The number of nitrogens with one attached hydrogen (secondary N) is 2. The maximum Gasteiger partial charge on any atom is 0.320 e. The van der Waals surface area contributed by atoms with Crippen LogP contribution in [0.1, 0.15) is 25.7 Å². The van der Waals surface area contributed by atoms with Crippen molar-refractivity contribution >= 4 is 17.8 Å². The fraction of sp³-hybridized carbons (Fsp3) is 0.885. The zero-order valence-electron chi connectivity index (χ0n) is 25.6. The second-order valence-electron chi connectivity index (χ2n) is 11.9. The minimum Gasteiger partial charge on any atom is -0.480 e. The number of ether oxygens (including phenoxy) is 4. The second-order valence-corrected chi connectivity index (χ2v) is 11.9. The summed E-state index contributed by atoms with van der Waals surface area (Å²) in [5, 5.41) is 76.9. The number of rotatable bonds is 15. The number of aliphatic carboxylic acids is 1. The molecule has 5 unspecified atom stereocenters. The monoisotopic (exact) mass is 683 g/mol. The van der Waals surface area contributed by atoms with Gasteiger partial charge in [-0.2, -0.15) is 0 Å². The van der Waals surface area contributed by atoms with Crippen LogP contribution in [0.3, 0.4) is 0 Å². The summed E-state index contributed by atoms with van der Waals surface area (Å²) in [6.45, 7) is -0.524. The normalized spacial score (nSPS) is 40.4. The highest BCUT2D eigenvalue weighted by atomic mass is 16.7. The average Bonchev–Trinajstić information content (AvgIpc) is 3.31. The van der Waals surface area contributed by atoms with Crippen molar-refractivity contribution in [1.82, 2.24) is 10.6 Å². The first-order valence-corrected chi connectivity index (χ1v) is 15.3. The first kappa shape index (κ1) is 39.3. The smallest absolute Gasteiger partial charge is 0.320 e. The highest BCUT2D eigenvalue weighted by Crippen LogP contribution is 2.32. The Labute approximate surface area is 269 Å². The van der Waals surface area contributed by atoms with Gasteiger partial charge in [-0.3, -0.25) is 14.4 Å². The van der Waals surface area contributed by atoms with E-state index in [-0.39, 0.29) is 45.3 Å². The molecule has 3 aliphatic rings. The number of carboxylic acid groups (broad SMARTS) is 1. The van der Waals surface area contributed by atoms with Crippen LogP contribution in [0.2, 0.25) is 0 Å². The number of aliphatic hydroxyl groups is 6. The number of aliphatic hydroxyl groups excluding tert-OH is 6. The molecule has 0 aromatic heterocycles. The number of carbonyl (C=O) groups excluding carboxylic acids is 2. The number of hydrogen-bond acceptors (Lipinski definition) is 18. The van der Waals surface area contributed by atoms with Crippen LogP contribution in [0, 0.1) is 0 Å². The van der Waals surface area contributed by atoms with Crippen LogP contribution in [-0.4, -0.2) is 171 Å². The molecule has 0 bridgehead atoms. The van der Waals surface area contributed by atoms with Crippen molar-refractivity contribution in [2.45, 2.75) is 123 Å². The minimum atomic E-state index is -1.65. The van der Waals surface area contributed by atoms with Gasteiger partial charge in [0.1, 0.15) is 67.1 Å². The second kappa shape index (κ2) is 17.5. The highest BCUT2D eigenvalue weighted by molar-refractivity contribution is 5.81. The van der Waals surface area contributed by atoms with Crippen molar-refractivity contribution in [3.8, 4) is 0 Å². The van der Waals surface area contributed by atoms with Crippen molar-refractivity contribution in [1.29, 1.82) is 0 Å². The van der Waals surface area contributed by atoms with E-state index < -0.39 is 116 Å². The molecule has 272 valence electrons. The largest absolute Gasteiger partial charge is 0.480 e. The molecule has 19 N–H and O–H groups in total. The number of carbonyl (C=O) groups is 3. The Balaban J connectivity index is 1.69. The van der Waals surface area contributed by atoms with Crippen LogP contribution in [0.4, 0.5) is 0 Å². The summed E-state index contributed by atoms with van der Waals surface area (Å²) >= 11 is 0. The fourth-order valence-electron chi connectivity index (χ4n) is 5.57. The minimum absolute atomic E-state index is 0.109. The van der Waals surface area contributed by atoms with Gasteiger partial charge in [0.15, 0.2) is 12.6 Å². The lowest BCUT2D eigenvalue weighted by atomic mass is 9.83. The van der Waals surface area contributed by atoms with Gasteiger partial charge in [0, 0.05) is 32.1 Å². The Morgan fingerprint density at radius 1 is 0.830 bits per heavy atom. The molecule has 0 aromatic rings. The molecule has 2 heterocycles. The van der Waals surface area contributed by atoms with Gasteiger partial charge in [-0.15, -0.1) is 0 Å². The fourth-order valence-corrected chi connectivity index (χ4v) is 5.57. The maximum atomic E-state index is 12.8. The van der Waals surface area contributed by atoms with Gasteiger partial charge in [0.05, 0.1) is 12.1 Å². The molecule has 1 aliphatic carbocycles. The van der Waals surface area contributed by atoms with E-state index in [0.29, 0.717) is 0 Å². The van der Waals surface area contributed by atoms with Gasteiger partial charge in [0.25, 0.3) is 0 Å². The third kappa shape index (κ3) is 9.71. The molecule has 16 atom stereocenters. The lowest BCUT2D eigenvalue weighted by Gasteiger charge is -2.48. The van der Waals surface area contributed by atoms with Crippen molar-refractivity contribution in [2.24, 2.45) is 28.7 Å². The van der Waals surface area contributed by atoms with Crippen LogP contribution in [0.15, 0.2) is 0 Å². The van der Waals surface area contributed by atoms with Crippen LogP contribution in [0.25, 0.3) is 0 Å². The lowest BCUT2D eigenvalue weighted by molar-refractivity contribution is -0.306. The summed E-state index contributed by atoms with van der Waals surface area (Å²) in [5.74, 6) is -2.72. The van der Waals surface area contributed by atoms with Crippen molar-refractivity contribution < 1.29 is 69.1 Å². The molecule has 21 nitrogen and oxygen atoms in total. The first-order valence-electron chi connectivity index (χ1n) is 15.3. The molecule has 3 rings (SSSR count). The molecule has 0 aromatic carbocycles. The van der Waals surface area contributed by atoms with Crippen LogP contribution in [0.5, 0.6) is 0 Å². The Morgan fingerprint density at radius 2 is 1.40 bits per heavy atom. The molecule has 0 spiro atoms. The van der Waals surface area contributed by atoms with E-state index in [1.165, 1.54) is 0 Å². The zero-order chi connectivity index (χ0) is 35.2. The third-order valence-electron chi connectivity index (χ3n) is 8.50. The molecule has 21 heteroatoms. The number of nitrogens with two attached hydrogens (primary N) is 5. The van der Waals surface area contributed by atoms with E-state index in [0.717, 1.165) is 0 Å². The molecule has 1 saturated carbocycles. The summed E-state index contributed by atoms with van der Waals surface area (Å²) in [6.07, 6.45) is -17.8. The van der Waals surface area contributed by atoms with E-state index in [2.05, 4.69) is 10.6 Å². The summed E-state index contributed by atoms with van der Waals surface area (Å²) in [4.78, 5) is 35.6. The lowest BCUT2D eigenvalue weighted by Crippen LogP contribution is -2.69. The van der Waals surface area contributed by atoms with Gasteiger partial charge in [-0.05, 0) is 19.3 Å². The Morgan fingerprint density at radius 3 is 2.00 bits per heavy atom. The SMILES string of the molecule is NCC1O[C@H](O[C@@H]2C(N)C[C@@H](NC(=O)[C@@H](O)CCNC(=O)CC[C@H](N)C(=O)O)C(O)[C@H]2O[C@@H]2O[C@H](CN)[C@H](O)C2O)C(N)[C@@H](O)[C@@H]1O. The van der Waals surface area contributed by atoms with Crippen molar-refractivity contribution in [2.75, 3.05) is 19.6 Å². The van der Waals surface area contributed by atoms with Gasteiger partial charge in [0.2, 0.25) is 11.8 Å². The zero-order valence-corrected chi connectivity index (χ0v) is 25.6. The average molecular weight is 684 g/mol. The standard InChI is InChI=1S/C26H49N7O14/c27-6-12-17(37)19(39)15(31)25(44-12)46-21-9(30)5-10(16(36)22(21)47-26-20(40)18(38)13(7-28)45-26)33-23(41)11(34)3-4-32-14(35)2-1-8(29)24(42)43/h8-13,15-22,25-26,34,36-40H,1-7,27-31H2,(H,32,35)(H,33,41)(H,42,43)/t8-,9?,10+,11-,12?,13+,15?,16?,17+,18-,19+,20?,21+,22+,25+,26-/m0/s1. The molecule has 2 aliphatic heterocycles. The Bertz CT molecular complexity index is 1050. The van der Waals surface area contributed by atoms with E-state index in [4.69, 9.17) is 52.7 Å². The topological polar surface area (TPSA) is 384 Å². The van der Waals surface area contributed by atoms with E-state index in [1.807, 2.05) is 0 Å². The van der Waals surface area contributed by atoms with Gasteiger partial charge < -0.3 is 94.0 Å². The number of amides is 2.